The number of nitrogens with zero attached hydrogens (tertiary/aromatic N) is 2. The first-order valence-corrected chi connectivity index (χ1v) is 8.05. The van der Waals surface area contributed by atoms with Gasteiger partial charge in [0.05, 0.1) is 32.9 Å². The third kappa shape index (κ3) is 28.3. The van der Waals surface area contributed by atoms with Crippen LogP contribution < -0.4 is 0 Å². The Hall–Kier alpha value is -1.85. The highest BCUT2D eigenvalue weighted by atomic mass is 16.6. The maximum Gasteiger partial charge on any atom is 0.302 e. The van der Waals surface area contributed by atoms with E-state index in [0.717, 1.165) is 25.7 Å². The number of esters is 1. The van der Waals surface area contributed by atoms with Crippen LogP contribution in [0.1, 0.15) is 39.5 Å². The fourth-order valence-corrected chi connectivity index (χ4v) is 1.44. The van der Waals surface area contributed by atoms with Crippen molar-refractivity contribution in [2.24, 2.45) is 9.98 Å². The lowest BCUT2D eigenvalue weighted by Crippen LogP contribution is -2.10. The number of isocyanates is 2. The predicted octanol–water partition coefficient (Wildman–Crippen LogP) is 1.82. The van der Waals surface area contributed by atoms with Crippen LogP contribution >= 0.6 is 0 Å². The van der Waals surface area contributed by atoms with Gasteiger partial charge in [0.25, 0.3) is 0 Å². The smallest absolute Gasteiger partial charge is 0.302 e. The van der Waals surface area contributed by atoms with Gasteiger partial charge in [0.2, 0.25) is 12.2 Å². The molecule has 0 amide bonds. The quantitative estimate of drug-likeness (QED) is 0.206. The van der Waals surface area contributed by atoms with Gasteiger partial charge in [-0.25, -0.2) is 19.6 Å². The van der Waals surface area contributed by atoms with Crippen LogP contribution in [0.3, 0.4) is 0 Å². The molecule has 0 saturated carbocycles. The third-order valence-electron chi connectivity index (χ3n) is 2.53. The van der Waals surface area contributed by atoms with Crippen LogP contribution in [-0.2, 0) is 28.6 Å². The van der Waals surface area contributed by atoms with Gasteiger partial charge in [-0.3, -0.25) is 4.79 Å². The van der Waals surface area contributed by atoms with Crippen LogP contribution in [0.2, 0.25) is 0 Å². The molecular weight excluding hydrogens is 316 g/mol. The first-order chi connectivity index (χ1) is 11.7. The molecule has 0 aromatic heterocycles. The van der Waals surface area contributed by atoms with Crippen LogP contribution in [0.4, 0.5) is 0 Å². The lowest BCUT2D eigenvalue weighted by Gasteiger charge is -2.03. The zero-order valence-electron chi connectivity index (χ0n) is 14.6. The molecule has 0 saturated heterocycles. The van der Waals surface area contributed by atoms with Crippen molar-refractivity contribution in [2.45, 2.75) is 39.5 Å². The van der Waals surface area contributed by atoms with E-state index in [2.05, 4.69) is 14.7 Å². The van der Waals surface area contributed by atoms with E-state index in [-0.39, 0.29) is 5.97 Å². The molecule has 0 aliphatic heterocycles. The molecule has 8 nitrogen and oxygen atoms in total. The standard InChI is InChI=1S/C8H12N2O2.C8H16O4/c11-7-9-5-3-1-2-4-6-10-8-12;1-3-10-4-5-11-6-7-12-8(2)9/h1-6H2;3-7H2,1-2H3. The van der Waals surface area contributed by atoms with E-state index in [1.54, 1.807) is 0 Å². The number of carbonyl (C=O) groups is 1. The first-order valence-electron chi connectivity index (χ1n) is 8.05. The van der Waals surface area contributed by atoms with Crippen molar-refractivity contribution in [1.29, 1.82) is 0 Å². The number of unbranched alkanes of at least 4 members (excludes halogenated alkanes) is 3. The summed E-state index contributed by atoms with van der Waals surface area (Å²) in [6.45, 7) is 7.02. The van der Waals surface area contributed by atoms with E-state index in [0.29, 0.717) is 46.1 Å². The van der Waals surface area contributed by atoms with Crippen molar-refractivity contribution in [3.63, 3.8) is 0 Å². The van der Waals surface area contributed by atoms with E-state index in [1.807, 2.05) is 6.92 Å². The van der Waals surface area contributed by atoms with Gasteiger partial charge >= 0.3 is 5.97 Å². The molecule has 0 aromatic rings. The number of hydrogen-bond donors (Lipinski definition) is 0. The van der Waals surface area contributed by atoms with Crippen LogP contribution in [-0.4, -0.2) is 64.3 Å². The highest BCUT2D eigenvalue weighted by Gasteiger charge is 1.92. The van der Waals surface area contributed by atoms with Gasteiger partial charge in [-0.05, 0) is 19.8 Å². The molecule has 0 rings (SSSR count). The summed E-state index contributed by atoms with van der Waals surface area (Å²) in [6.07, 6.45) is 6.80. The number of ether oxygens (including phenoxy) is 3. The van der Waals surface area contributed by atoms with Gasteiger partial charge in [-0.15, -0.1) is 0 Å². The Morgan fingerprint density at radius 2 is 1.33 bits per heavy atom. The van der Waals surface area contributed by atoms with Gasteiger partial charge in [-0.2, -0.15) is 0 Å². The van der Waals surface area contributed by atoms with E-state index < -0.39 is 0 Å². The molecule has 8 heteroatoms. The van der Waals surface area contributed by atoms with E-state index in [4.69, 9.17) is 9.47 Å². The summed E-state index contributed by atoms with van der Waals surface area (Å²) in [7, 11) is 0. The van der Waals surface area contributed by atoms with Crippen molar-refractivity contribution in [2.75, 3.05) is 46.1 Å². The molecule has 0 N–H and O–H groups in total. The summed E-state index contributed by atoms with van der Waals surface area (Å²) in [5, 5.41) is 0. The highest BCUT2D eigenvalue weighted by Crippen LogP contribution is 1.99. The third-order valence-corrected chi connectivity index (χ3v) is 2.53. The number of aliphatic imine (C=N–C) groups is 2. The van der Waals surface area contributed by atoms with Crippen molar-refractivity contribution >= 4 is 18.1 Å². The summed E-state index contributed by atoms with van der Waals surface area (Å²) in [6, 6.07) is 0. The van der Waals surface area contributed by atoms with Gasteiger partial charge in [0.1, 0.15) is 6.61 Å². The van der Waals surface area contributed by atoms with Crippen molar-refractivity contribution in [3.8, 4) is 0 Å². The SMILES string of the molecule is CCOCCOCCOC(C)=O.O=C=NCCCCCCN=C=O. The molecule has 24 heavy (non-hydrogen) atoms. The Bertz CT molecular complexity index is 355. The summed E-state index contributed by atoms with van der Waals surface area (Å²) in [4.78, 5) is 36.4. The normalized spacial score (nSPS) is 9.08. The Balaban J connectivity index is 0. The monoisotopic (exact) mass is 344 g/mol. The Morgan fingerprint density at radius 1 is 0.833 bits per heavy atom. The summed E-state index contributed by atoms with van der Waals surface area (Å²) in [5.41, 5.74) is 0. The molecular formula is C16H28N2O6. The molecule has 0 aliphatic rings. The largest absolute Gasteiger partial charge is 0.463 e. The summed E-state index contributed by atoms with van der Waals surface area (Å²) >= 11 is 0. The Morgan fingerprint density at radius 3 is 1.79 bits per heavy atom. The van der Waals surface area contributed by atoms with E-state index in [9.17, 15) is 14.4 Å². The summed E-state index contributed by atoms with van der Waals surface area (Å²) < 4.78 is 14.8. The number of hydrogen-bond acceptors (Lipinski definition) is 8. The fourth-order valence-electron chi connectivity index (χ4n) is 1.44. The van der Waals surface area contributed by atoms with Crippen LogP contribution in [0.5, 0.6) is 0 Å². The lowest BCUT2D eigenvalue weighted by atomic mass is 10.2. The molecule has 0 bridgehead atoms. The van der Waals surface area contributed by atoms with Crippen LogP contribution in [0.25, 0.3) is 0 Å². The minimum absolute atomic E-state index is 0.275. The second kappa shape index (κ2) is 23.4. The second-order valence-corrected chi connectivity index (χ2v) is 4.51. The van der Waals surface area contributed by atoms with Crippen LogP contribution in [0, 0.1) is 0 Å². The summed E-state index contributed by atoms with van der Waals surface area (Å²) in [5.74, 6) is -0.275. The molecule has 0 unspecified atom stereocenters. The maximum absolute atomic E-state index is 10.3. The minimum Gasteiger partial charge on any atom is -0.463 e. The molecule has 0 aliphatic carbocycles. The molecule has 0 atom stereocenters. The zero-order valence-corrected chi connectivity index (χ0v) is 14.6. The number of carbonyl (C=O) groups excluding carboxylic acids is 3. The van der Waals surface area contributed by atoms with Gasteiger partial charge in [0, 0.05) is 13.5 Å². The van der Waals surface area contributed by atoms with Gasteiger partial charge < -0.3 is 14.2 Å². The second-order valence-electron chi connectivity index (χ2n) is 4.51. The average molecular weight is 344 g/mol. The van der Waals surface area contributed by atoms with Crippen molar-refractivity contribution in [1.82, 2.24) is 0 Å². The predicted molar refractivity (Wildman–Crippen MR) is 88.4 cm³/mol. The fraction of sp³-hybridized carbons (Fsp3) is 0.812. The molecule has 0 heterocycles. The zero-order chi connectivity index (χ0) is 18.3. The molecule has 0 aromatic carbocycles. The maximum atomic E-state index is 10.3. The molecule has 138 valence electrons. The van der Waals surface area contributed by atoms with E-state index in [1.165, 1.54) is 19.1 Å². The van der Waals surface area contributed by atoms with Crippen LogP contribution in [0.15, 0.2) is 9.98 Å². The highest BCUT2D eigenvalue weighted by molar-refractivity contribution is 5.65. The Kier molecular flexibility index (Phi) is 23.8. The first kappa shape index (κ1) is 24.4. The molecule has 0 spiro atoms. The van der Waals surface area contributed by atoms with E-state index >= 15 is 0 Å². The Labute approximate surface area is 143 Å². The topological polar surface area (TPSA) is 104 Å². The van der Waals surface area contributed by atoms with Gasteiger partial charge in [0.15, 0.2) is 0 Å². The molecule has 0 fully saturated rings. The lowest BCUT2D eigenvalue weighted by molar-refractivity contribution is -0.142. The average Bonchev–Trinajstić information content (AvgIpc) is 2.57. The van der Waals surface area contributed by atoms with Gasteiger partial charge in [-0.1, -0.05) is 12.8 Å². The minimum atomic E-state index is -0.275. The number of rotatable bonds is 14. The van der Waals surface area contributed by atoms with Crippen molar-refractivity contribution < 1.29 is 28.6 Å². The molecule has 0 radical (unpaired) electrons. The van der Waals surface area contributed by atoms with Crippen molar-refractivity contribution in [3.05, 3.63) is 0 Å².